The van der Waals surface area contributed by atoms with Gasteiger partial charge < -0.3 is 9.88 Å². The van der Waals surface area contributed by atoms with Crippen LogP contribution in [0.1, 0.15) is 29.8 Å². The largest absolute Gasteiger partial charge is 0.328 e. The highest BCUT2D eigenvalue weighted by molar-refractivity contribution is 7.15. The number of carbonyl (C=O) groups excluding carboxylic acids is 1. The molecule has 7 nitrogen and oxygen atoms in total. The Labute approximate surface area is 130 Å². The summed E-state index contributed by atoms with van der Waals surface area (Å²) in [5.74, 6) is -0.191. The predicted octanol–water partition coefficient (Wildman–Crippen LogP) is 0.901. The van der Waals surface area contributed by atoms with Crippen molar-refractivity contribution in [3.8, 4) is 0 Å². The topological polar surface area (TPSA) is 96.9 Å². The lowest BCUT2D eigenvalue weighted by molar-refractivity contribution is -0.116. The summed E-state index contributed by atoms with van der Waals surface area (Å²) in [5, 5.41) is 3.41. The van der Waals surface area contributed by atoms with Crippen LogP contribution in [0.15, 0.2) is 21.9 Å². The lowest BCUT2D eigenvalue weighted by atomic mass is 10.0. The van der Waals surface area contributed by atoms with Crippen LogP contribution in [0.3, 0.4) is 0 Å². The van der Waals surface area contributed by atoms with Crippen LogP contribution in [-0.2, 0) is 24.2 Å². The molecule has 1 aliphatic rings. The van der Waals surface area contributed by atoms with Gasteiger partial charge in [-0.1, -0.05) is 0 Å². The molecule has 0 bridgehead atoms. The highest BCUT2D eigenvalue weighted by Gasteiger charge is 2.16. The Morgan fingerprint density at radius 1 is 1.36 bits per heavy atom. The average molecular weight is 320 g/mol. The Morgan fingerprint density at radius 2 is 2.18 bits per heavy atom. The zero-order valence-electron chi connectivity index (χ0n) is 11.9. The number of aromatic nitrogens is 3. The van der Waals surface area contributed by atoms with Crippen LogP contribution in [0, 0.1) is 0 Å². The normalized spacial score (nSPS) is 13.6. The molecule has 1 aliphatic carbocycles. The number of H-pyrrole nitrogens is 1. The SMILES string of the molecule is O=C(CCn1ccc(=O)[nH]c1=O)Nc1nc2c(s1)CCCC2. The number of aromatic amines is 1. The summed E-state index contributed by atoms with van der Waals surface area (Å²) in [6.07, 6.45) is 5.88. The number of nitrogens with one attached hydrogen (secondary N) is 2. The monoisotopic (exact) mass is 320 g/mol. The highest BCUT2D eigenvalue weighted by atomic mass is 32.1. The van der Waals surface area contributed by atoms with Gasteiger partial charge in [-0.3, -0.25) is 14.6 Å². The molecule has 22 heavy (non-hydrogen) atoms. The molecule has 0 spiro atoms. The maximum absolute atomic E-state index is 11.9. The molecule has 2 N–H and O–H groups in total. The number of fused-ring (bicyclic) bond motifs is 1. The lowest BCUT2D eigenvalue weighted by Crippen LogP contribution is -2.29. The van der Waals surface area contributed by atoms with Crippen molar-refractivity contribution in [2.24, 2.45) is 0 Å². The van der Waals surface area contributed by atoms with Crippen LogP contribution in [-0.4, -0.2) is 20.4 Å². The van der Waals surface area contributed by atoms with Gasteiger partial charge >= 0.3 is 5.69 Å². The summed E-state index contributed by atoms with van der Waals surface area (Å²) in [5.41, 5.74) is 0.146. The summed E-state index contributed by atoms with van der Waals surface area (Å²) in [7, 11) is 0. The number of anilines is 1. The molecule has 8 heteroatoms. The minimum atomic E-state index is -0.509. The van der Waals surface area contributed by atoms with E-state index in [4.69, 9.17) is 0 Å². The lowest BCUT2D eigenvalue weighted by Gasteiger charge is -2.06. The molecule has 0 fully saturated rings. The van der Waals surface area contributed by atoms with E-state index in [1.165, 1.54) is 39.5 Å². The van der Waals surface area contributed by atoms with Crippen molar-refractivity contribution in [1.82, 2.24) is 14.5 Å². The molecular formula is C14H16N4O3S. The van der Waals surface area contributed by atoms with Crippen molar-refractivity contribution in [3.05, 3.63) is 43.7 Å². The zero-order chi connectivity index (χ0) is 15.5. The van der Waals surface area contributed by atoms with Crippen molar-refractivity contribution in [2.45, 2.75) is 38.6 Å². The van der Waals surface area contributed by atoms with Gasteiger partial charge in [-0.15, -0.1) is 11.3 Å². The molecule has 2 heterocycles. The summed E-state index contributed by atoms with van der Waals surface area (Å²) >= 11 is 1.53. The summed E-state index contributed by atoms with van der Waals surface area (Å²) in [4.78, 5) is 42.3. The third kappa shape index (κ3) is 3.33. The first-order valence-corrected chi connectivity index (χ1v) is 8.02. The van der Waals surface area contributed by atoms with E-state index in [0.717, 1.165) is 25.0 Å². The van der Waals surface area contributed by atoms with Crippen molar-refractivity contribution >= 4 is 22.4 Å². The molecule has 2 aromatic rings. The fraction of sp³-hybridized carbons (Fsp3) is 0.429. The van der Waals surface area contributed by atoms with E-state index in [-0.39, 0.29) is 18.9 Å². The minimum Gasteiger partial charge on any atom is -0.302 e. The third-order valence-corrected chi connectivity index (χ3v) is 4.64. The smallest absolute Gasteiger partial charge is 0.302 e. The van der Waals surface area contributed by atoms with Crippen LogP contribution >= 0.6 is 11.3 Å². The maximum Gasteiger partial charge on any atom is 0.328 e. The number of aryl methyl sites for hydroxylation is 3. The molecule has 0 saturated heterocycles. The van der Waals surface area contributed by atoms with E-state index in [1.54, 1.807) is 0 Å². The first kappa shape index (κ1) is 14.7. The van der Waals surface area contributed by atoms with Gasteiger partial charge in [0.2, 0.25) is 5.91 Å². The molecule has 0 aliphatic heterocycles. The van der Waals surface area contributed by atoms with Crippen molar-refractivity contribution in [2.75, 3.05) is 5.32 Å². The van der Waals surface area contributed by atoms with Gasteiger partial charge in [0.05, 0.1) is 5.69 Å². The standard InChI is InChI=1S/C14H16N4O3S/c19-11(5-7-18-8-6-12(20)17-14(18)21)16-13-15-9-3-1-2-4-10(9)22-13/h6,8H,1-5,7H2,(H,15,16,19)(H,17,20,21). The number of rotatable bonds is 4. The number of hydrogen-bond donors (Lipinski definition) is 2. The van der Waals surface area contributed by atoms with Crippen LogP contribution in [0.5, 0.6) is 0 Å². The number of hydrogen-bond acceptors (Lipinski definition) is 5. The molecule has 0 atom stereocenters. The zero-order valence-corrected chi connectivity index (χ0v) is 12.7. The molecule has 0 aromatic carbocycles. The Balaban J connectivity index is 1.59. The number of amides is 1. The summed E-state index contributed by atoms with van der Waals surface area (Å²) in [6, 6.07) is 1.26. The van der Waals surface area contributed by atoms with Crippen LogP contribution in [0.4, 0.5) is 5.13 Å². The van der Waals surface area contributed by atoms with Gasteiger partial charge in [0, 0.05) is 30.1 Å². The highest BCUT2D eigenvalue weighted by Crippen LogP contribution is 2.29. The van der Waals surface area contributed by atoms with E-state index >= 15 is 0 Å². The van der Waals surface area contributed by atoms with E-state index in [9.17, 15) is 14.4 Å². The van der Waals surface area contributed by atoms with Gasteiger partial charge in [-0.25, -0.2) is 9.78 Å². The predicted molar refractivity (Wildman–Crippen MR) is 83.3 cm³/mol. The molecule has 3 rings (SSSR count). The number of carbonyl (C=O) groups is 1. The fourth-order valence-corrected chi connectivity index (χ4v) is 3.50. The van der Waals surface area contributed by atoms with Gasteiger partial charge in [-0.05, 0) is 25.7 Å². The summed E-state index contributed by atoms with van der Waals surface area (Å²) < 4.78 is 1.30. The van der Waals surface area contributed by atoms with Crippen molar-refractivity contribution in [1.29, 1.82) is 0 Å². The molecule has 0 saturated carbocycles. The summed E-state index contributed by atoms with van der Waals surface area (Å²) in [6.45, 7) is 0.215. The first-order valence-electron chi connectivity index (χ1n) is 7.20. The van der Waals surface area contributed by atoms with E-state index in [1.807, 2.05) is 0 Å². The fourth-order valence-electron chi connectivity index (χ4n) is 2.43. The van der Waals surface area contributed by atoms with Gasteiger partial charge in [0.1, 0.15) is 0 Å². The maximum atomic E-state index is 11.9. The quantitative estimate of drug-likeness (QED) is 0.874. The molecule has 0 radical (unpaired) electrons. The van der Waals surface area contributed by atoms with E-state index in [0.29, 0.717) is 5.13 Å². The number of nitrogens with zero attached hydrogens (tertiary/aromatic N) is 2. The Kier molecular flexibility index (Phi) is 4.19. The van der Waals surface area contributed by atoms with Gasteiger partial charge in [0.25, 0.3) is 5.56 Å². The van der Waals surface area contributed by atoms with Gasteiger partial charge in [-0.2, -0.15) is 0 Å². The first-order chi connectivity index (χ1) is 10.6. The Hall–Kier alpha value is -2.22. The van der Waals surface area contributed by atoms with E-state index < -0.39 is 11.2 Å². The Morgan fingerprint density at radius 3 is 2.95 bits per heavy atom. The Bertz CT molecular complexity index is 781. The molecular weight excluding hydrogens is 304 g/mol. The van der Waals surface area contributed by atoms with Crippen LogP contribution < -0.4 is 16.6 Å². The second-order valence-corrected chi connectivity index (χ2v) is 6.28. The molecule has 0 unspecified atom stereocenters. The molecule has 2 aromatic heterocycles. The van der Waals surface area contributed by atoms with Gasteiger partial charge in [0.15, 0.2) is 5.13 Å². The second kappa shape index (κ2) is 6.27. The average Bonchev–Trinajstić information content (AvgIpc) is 2.88. The third-order valence-electron chi connectivity index (χ3n) is 3.57. The minimum absolute atomic E-state index is 0.149. The van der Waals surface area contributed by atoms with E-state index in [2.05, 4.69) is 15.3 Å². The van der Waals surface area contributed by atoms with Crippen molar-refractivity contribution in [3.63, 3.8) is 0 Å². The molecule has 1 amide bonds. The van der Waals surface area contributed by atoms with Crippen LogP contribution in [0.25, 0.3) is 0 Å². The van der Waals surface area contributed by atoms with Crippen molar-refractivity contribution < 1.29 is 4.79 Å². The molecule has 116 valence electrons. The number of thiazole rings is 1. The second-order valence-electron chi connectivity index (χ2n) is 5.20. The van der Waals surface area contributed by atoms with Crippen LogP contribution in [0.2, 0.25) is 0 Å².